The Morgan fingerprint density at radius 1 is 1.17 bits per heavy atom. The molecule has 0 radical (unpaired) electrons. The first-order chi connectivity index (χ1) is 8.38. The Kier molecular flexibility index (Phi) is 8.10. The first-order valence-electron chi connectivity index (χ1n) is 5.57. The lowest BCUT2D eigenvalue weighted by atomic mass is 10.3. The van der Waals surface area contributed by atoms with Crippen LogP contribution < -0.4 is 10.6 Å². The molecule has 0 rings (SSSR count). The van der Waals surface area contributed by atoms with Crippen molar-refractivity contribution >= 4 is 11.8 Å². The highest BCUT2D eigenvalue weighted by molar-refractivity contribution is 5.82. The molecule has 0 aliphatic rings. The van der Waals surface area contributed by atoms with Gasteiger partial charge in [-0.05, 0) is 13.3 Å². The summed E-state index contributed by atoms with van der Waals surface area (Å²) in [5.74, 6) is -2.44. The summed E-state index contributed by atoms with van der Waals surface area (Å²) in [6, 6.07) is 0. The summed E-state index contributed by atoms with van der Waals surface area (Å²) in [5, 5.41) is 4.12. The number of amides is 2. The molecule has 0 saturated carbocycles. The van der Waals surface area contributed by atoms with Crippen LogP contribution in [-0.4, -0.2) is 44.3 Å². The number of carbonyl (C=O) groups is 2. The minimum Gasteiger partial charge on any atom is -0.382 e. The van der Waals surface area contributed by atoms with Crippen molar-refractivity contribution in [1.29, 1.82) is 0 Å². The van der Waals surface area contributed by atoms with Crippen LogP contribution in [0.4, 0.5) is 13.2 Å². The second-order valence-corrected chi connectivity index (χ2v) is 3.40. The number of ether oxygens (including phenoxy) is 1. The van der Waals surface area contributed by atoms with Crippen LogP contribution in [-0.2, 0) is 14.3 Å². The zero-order chi connectivity index (χ0) is 14.0. The molecule has 0 unspecified atom stereocenters. The molecule has 0 bridgehead atoms. The van der Waals surface area contributed by atoms with Gasteiger partial charge in [0.1, 0.15) is 0 Å². The van der Waals surface area contributed by atoms with Crippen molar-refractivity contribution in [3.05, 3.63) is 0 Å². The monoisotopic (exact) mass is 270 g/mol. The zero-order valence-electron chi connectivity index (χ0n) is 10.1. The summed E-state index contributed by atoms with van der Waals surface area (Å²) in [7, 11) is 0. The predicted molar refractivity (Wildman–Crippen MR) is 57.8 cm³/mol. The molecule has 0 aromatic rings. The molecule has 2 N–H and O–H groups in total. The number of halogens is 3. The highest BCUT2D eigenvalue weighted by Crippen LogP contribution is 2.13. The largest absolute Gasteiger partial charge is 0.471 e. The van der Waals surface area contributed by atoms with Gasteiger partial charge in [-0.1, -0.05) is 0 Å². The maximum Gasteiger partial charge on any atom is 0.471 e. The van der Waals surface area contributed by atoms with Gasteiger partial charge in [0.25, 0.3) is 0 Å². The van der Waals surface area contributed by atoms with Gasteiger partial charge in [0.15, 0.2) is 0 Å². The van der Waals surface area contributed by atoms with Crippen LogP contribution in [0.3, 0.4) is 0 Å². The second kappa shape index (κ2) is 8.73. The molecule has 0 atom stereocenters. The fourth-order valence-corrected chi connectivity index (χ4v) is 1.02. The number of hydrogen-bond donors (Lipinski definition) is 2. The Bertz CT molecular complexity index is 270. The molecule has 8 heteroatoms. The SMILES string of the molecule is CCOCCCNC(=O)CCNC(=O)C(F)(F)F. The summed E-state index contributed by atoms with van der Waals surface area (Å²) in [6.45, 7) is 3.02. The smallest absolute Gasteiger partial charge is 0.382 e. The van der Waals surface area contributed by atoms with E-state index >= 15 is 0 Å². The van der Waals surface area contributed by atoms with E-state index in [9.17, 15) is 22.8 Å². The molecule has 0 aromatic heterocycles. The first-order valence-corrected chi connectivity index (χ1v) is 5.57. The Balaban J connectivity index is 3.51. The summed E-state index contributed by atoms with van der Waals surface area (Å²) in [4.78, 5) is 21.5. The van der Waals surface area contributed by atoms with Crippen LogP contribution in [0.2, 0.25) is 0 Å². The summed E-state index contributed by atoms with van der Waals surface area (Å²) < 4.78 is 40.3. The van der Waals surface area contributed by atoms with E-state index in [4.69, 9.17) is 4.74 Å². The van der Waals surface area contributed by atoms with Gasteiger partial charge in [-0.25, -0.2) is 0 Å². The average Bonchev–Trinajstić information content (AvgIpc) is 2.27. The van der Waals surface area contributed by atoms with Crippen LogP contribution in [0.1, 0.15) is 19.8 Å². The average molecular weight is 270 g/mol. The quantitative estimate of drug-likeness (QED) is 0.635. The van der Waals surface area contributed by atoms with Crippen LogP contribution in [0.25, 0.3) is 0 Å². The lowest BCUT2D eigenvalue weighted by Gasteiger charge is -2.08. The van der Waals surface area contributed by atoms with Gasteiger partial charge in [0.2, 0.25) is 5.91 Å². The minimum absolute atomic E-state index is 0.184. The maximum atomic E-state index is 11.8. The molecule has 5 nitrogen and oxygen atoms in total. The molecule has 0 spiro atoms. The van der Waals surface area contributed by atoms with Gasteiger partial charge in [-0.2, -0.15) is 13.2 Å². The Hall–Kier alpha value is -1.31. The van der Waals surface area contributed by atoms with Gasteiger partial charge in [0, 0.05) is 32.7 Å². The molecule has 0 fully saturated rings. The van der Waals surface area contributed by atoms with Crippen molar-refractivity contribution in [3.63, 3.8) is 0 Å². The van der Waals surface area contributed by atoms with Crippen molar-refractivity contribution in [3.8, 4) is 0 Å². The van der Waals surface area contributed by atoms with E-state index in [-0.39, 0.29) is 13.0 Å². The van der Waals surface area contributed by atoms with Crippen LogP contribution in [0.5, 0.6) is 0 Å². The normalized spacial score (nSPS) is 11.1. The van der Waals surface area contributed by atoms with E-state index in [1.165, 1.54) is 0 Å². The Morgan fingerprint density at radius 3 is 2.39 bits per heavy atom. The Labute approximate surface area is 103 Å². The van der Waals surface area contributed by atoms with Gasteiger partial charge >= 0.3 is 12.1 Å². The minimum atomic E-state index is -4.91. The number of alkyl halides is 3. The predicted octanol–water partition coefficient (Wildman–Crippen LogP) is 0.598. The molecule has 0 aliphatic carbocycles. The van der Waals surface area contributed by atoms with Crippen LogP contribution >= 0.6 is 0 Å². The number of nitrogens with one attached hydrogen (secondary N) is 2. The molecule has 0 saturated heterocycles. The lowest BCUT2D eigenvalue weighted by molar-refractivity contribution is -0.173. The summed E-state index contributed by atoms with van der Waals surface area (Å²) >= 11 is 0. The fraction of sp³-hybridized carbons (Fsp3) is 0.800. The van der Waals surface area contributed by atoms with E-state index < -0.39 is 18.0 Å². The molecule has 18 heavy (non-hydrogen) atoms. The molecule has 106 valence electrons. The topological polar surface area (TPSA) is 67.4 Å². The molecular formula is C10H17F3N2O3. The summed E-state index contributed by atoms with van der Waals surface area (Å²) in [5.41, 5.74) is 0. The molecule has 0 aromatic carbocycles. The van der Waals surface area contributed by atoms with Gasteiger partial charge in [-0.15, -0.1) is 0 Å². The third-order valence-corrected chi connectivity index (χ3v) is 1.89. The fourth-order valence-electron chi connectivity index (χ4n) is 1.02. The highest BCUT2D eigenvalue weighted by Gasteiger charge is 2.38. The van der Waals surface area contributed by atoms with E-state index in [2.05, 4.69) is 5.32 Å². The van der Waals surface area contributed by atoms with Crippen LogP contribution in [0, 0.1) is 0 Å². The van der Waals surface area contributed by atoms with Gasteiger partial charge in [0.05, 0.1) is 0 Å². The number of rotatable bonds is 8. The first kappa shape index (κ1) is 16.7. The lowest BCUT2D eigenvalue weighted by Crippen LogP contribution is -2.39. The van der Waals surface area contributed by atoms with Crippen molar-refractivity contribution in [2.75, 3.05) is 26.3 Å². The van der Waals surface area contributed by atoms with Crippen LogP contribution in [0.15, 0.2) is 0 Å². The highest BCUT2D eigenvalue weighted by atomic mass is 19.4. The van der Waals surface area contributed by atoms with E-state index in [1.54, 1.807) is 5.32 Å². The van der Waals surface area contributed by atoms with Crippen molar-refractivity contribution < 1.29 is 27.5 Å². The molecular weight excluding hydrogens is 253 g/mol. The van der Waals surface area contributed by atoms with E-state index in [0.717, 1.165) is 0 Å². The van der Waals surface area contributed by atoms with E-state index in [0.29, 0.717) is 26.2 Å². The third kappa shape index (κ3) is 8.80. The molecule has 0 heterocycles. The number of carbonyl (C=O) groups excluding carboxylic acids is 2. The molecule has 2 amide bonds. The van der Waals surface area contributed by atoms with Gasteiger partial charge < -0.3 is 15.4 Å². The van der Waals surface area contributed by atoms with Crippen molar-refractivity contribution in [1.82, 2.24) is 10.6 Å². The van der Waals surface area contributed by atoms with Crippen molar-refractivity contribution in [2.24, 2.45) is 0 Å². The Morgan fingerprint density at radius 2 is 1.83 bits per heavy atom. The zero-order valence-corrected chi connectivity index (χ0v) is 10.1. The second-order valence-electron chi connectivity index (χ2n) is 3.40. The maximum absolute atomic E-state index is 11.8. The van der Waals surface area contributed by atoms with Gasteiger partial charge in [-0.3, -0.25) is 9.59 Å². The molecule has 0 aliphatic heterocycles. The van der Waals surface area contributed by atoms with E-state index in [1.807, 2.05) is 6.92 Å². The third-order valence-electron chi connectivity index (χ3n) is 1.89. The number of hydrogen-bond acceptors (Lipinski definition) is 3. The summed E-state index contributed by atoms with van der Waals surface area (Å²) in [6.07, 6.45) is -4.46. The van der Waals surface area contributed by atoms with Crippen molar-refractivity contribution in [2.45, 2.75) is 25.9 Å². The standard InChI is InChI=1S/C10H17F3N2O3/c1-2-18-7-3-5-14-8(16)4-6-15-9(17)10(11,12)13/h2-7H2,1H3,(H,14,16)(H,15,17).